The predicted octanol–water partition coefficient (Wildman–Crippen LogP) is 2.00. The number of para-hydroxylation sites is 1. The number of benzene rings is 1. The summed E-state index contributed by atoms with van der Waals surface area (Å²) >= 11 is 0. The number of phenols is 1. The Balaban J connectivity index is 2.10. The van der Waals surface area contributed by atoms with Gasteiger partial charge >= 0.3 is 0 Å². The fourth-order valence-electron chi connectivity index (χ4n) is 1.52. The smallest absolute Gasteiger partial charge is 0.254 e. The third-order valence-corrected chi connectivity index (χ3v) is 2.52. The van der Waals surface area contributed by atoms with E-state index in [1.54, 1.807) is 18.2 Å². The minimum Gasteiger partial charge on any atom is -0.508 e. The summed E-state index contributed by atoms with van der Waals surface area (Å²) in [6, 6.07) is 7.48. The largest absolute Gasteiger partial charge is 0.508 e. The summed E-state index contributed by atoms with van der Waals surface area (Å²) in [6.45, 7) is 0.00882. The molecule has 6 heteroatoms. The van der Waals surface area contributed by atoms with Crippen molar-refractivity contribution in [3.8, 4) is 5.75 Å². The van der Waals surface area contributed by atoms with Gasteiger partial charge in [-0.25, -0.2) is 9.37 Å². The number of nitrogens with zero attached hydrogens (tertiary/aromatic N) is 1. The van der Waals surface area contributed by atoms with Crippen LogP contribution in [0.3, 0.4) is 0 Å². The summed E-state index contributed by atoms with van der Waals surface area (Å²) in [5, 5.41) is 11.9. The Labute approximate surface area is 107 Å². The van der Waals surface area contributed by atoms with Gasteiger partial charge in [0.1, 0.15) is 5.75 Å². The number of rotatable bonds is 3. The zero-order valence-electron chi connectivity index (χ0n) is 9.73. The lowest BCUT2D eigenvalue weighted by Crippen LogP contribution is -2.24. The first-order valence-corrected chi connectivity index (χ1v) is 5.44. The average molecular weight is 264 g/mol. The van der Waals surface area contributed by atoms with Gasteiger partial charge in [0.2, 0.25) is 5.95 Å². The monoisotopic (exact) mass is 264 g/mol. The molecule has 0 bridgehead atoms. The Morgan fingerprint density at radius 2 is 2.00 bits per heavy atom. The zero-order valence-corrected chi connectivity index (χ0v) is 9.73. The lowest BCUT2D eigenvalue weighted by atomic mass is 10.2. The predicted molar refractivity (Wildman–Crippen MR) is 63.4 cm³/mol. The van der Waals surface area contributed by atoms with E-state index < -0.39 is 23.2 Å². The summed E-state index contributed by atoms with van der Waals surface area (Å²) in [5.74, 6) is -3.38. The van der Waals surface area contributed by atoms with Crippen LogP contribution in [0, 0.1) is 11.8 Å². The van der Waals surface area contributed by atoms with Gasteiger partial charge in [0.05, 0.1) is 5.56 Å². The molecule has 0 saturated heterocycles. The Kier molecular flexibility index (Phi) is 3.70. The second-order valence-electron chi connectivity index (χ2n) is 3.77. The van der Waals surface area contributed by atoms with Crippen molar-refractivity contribution in [1.29, 1.82) is 0 Å². The van der Waals surface area contributed by atoms with E-state index in [4.69, 9.17) is 0 Å². The molecule has 2 N–H and O–H groups in total. The Morgan fingerprint density at radius 1 is 1.26 bits per heavy atom. The molecule has 1 amide bonds. The molecule has 0 aliphatic heterocycles. The SMILES string of the molecule is O=C(NCc1ccccc1O)c1ccnc(F)c1F. The maximum atomic E-state index is 13.3. The molecule has 98 valence electrons. The van der Waals surface area contributed by atoms with E-state index >= 15 is 0 Å². The van der Waals surface area contributed by atoms with E-state index in [2.05, 4.69) is 10.3 Å². The van der Waals surface area contributed by atoms with Crippen LogP contribution < -0.4 is 5.32 Å². The molecular weight excluding hydrogens is 254 g/mol. The highest BCUT2D eigenvalue weighted by molar-refractivity contribution is 5.94. The number of hydrogen-bond donors (Lipinski definition) is 2. The van der Waals surface area contributed by atoms with Crippen molar-refractivity contribution in [2.45, 2.75) is 6.54 Å². The van der Waals surface area contributed by atoms with Crippen LogP contribution in [0.1, 0.15) is 15.9 Å². The first kappa shape index (κ1) is 12.9. The van der Waals surface area contributed by atoms with Gasteiger partial charge in [-0.15, -0.1) is 0 Å². The average Bonchev–Trinajstić information content (AvgIpc) is 2.40. The van der Waals surface area contributed by atoms with Crippen molar-refractivity contribution < 1.29 is 18.7 Å². The van der Waals surface area contributed by atoms with Gasteiger partial charge in [-0.1, -0.05) is 18.2 Å². The van der Waals surface area contributed by atoms with Crippen molar-refractivity contribution in [3.05, 3.63) is 59.4 Å². The van der Waals surface area contributed by atoms with Crippen molar-refractivity contribution in [1.82, 2.24) is 10.3 Å². The number of phenolic OH excluding ortho intramolecular Hbond substituents is 1. The van der Waals surface area contributed by atoms with E-state index in [1.165, 1.54) is 6.07 Å². The van der Waals surface area contributed by atoms with Crippen LogP contribution >= 0.6 is 0 Å². The fourth-order valence-corrected chi connectivity index (χ4v) is 1.52. The second-order valence-corrected chi connectivity index (χ2v) is 3.77. The summed E-state index contributed by atoms with van der Waals surface area (Å²) < 4.78 is 26.2. The van der Waals surface area contributed by atoms with E-state index in [0.717, 1.165) is 12.3 Å². The number of hydrogen-bond acceptors (Lipinski definition) is 3. The highest BCUT2D eigenvalue weighted by atomic mass is 19.2. The van der Waals surface area contributed by atoms with Gasteiger partial charge in [0.15, 0.2) is 5.82 Å². The number of carbonyl (C=O) groups is 1. The van der Waals surface area contributed by atoms with Gasteiger partial charge in [-0.2, -0.15) is 4.39 Å². The third-order valence-electron chi connectivity index (χ3n) is 2.52. The minimum absolute atomic E-state index is 0.00882. The van der Waals surface area contributed by atoms with Gasteiger partial charge in [-0.3, -0.25) is 4.79 Å². The lowest BCUT2D eigenvalue weighted by Gasteiger charge is -2.07. The maximum Gasteiger partial charge on any atom is 0.254 e. The molecule has 0 saturated carbocycles. The number of nitrogens with one attached hydrogen (secondary N) is 1. The van der Waals surface area contributed by atoms with E-state index in [0.29, 0.717) is 5.56 Å². The molecule has 1 heterocycles. The van der Waals surface area contributed by atoms with Crippen molar-refractivity contribution in [2.75, 3.05) is 0 Å². The lowest BCUT2D eigenvalue weighted by molar-refractivity contribution is 0.0945. The fraction of sp³-hybridized carbons (Fsp3) is 0.0769. The summed E-state index contributed by atoms with van der Waals surface area (Å²) in [7, 11) is 0. The molecular formula is C13H10F2N2O2. The molecule has 2 aromatic rings. The third kappa shape index (κ3) is 2.85. The van der Waals surface area contributed by atoms with Crippen molar-refractivity contribution in [3.63, 3.8) is 0 Å². The van der Waals surface area contributed by atoms with Crippen LogP contribution in [0.25, 0.3) is 0 Å². The van der Waals surface area contributed by atoms with E-state index in [1.807, 2.05) is 0 Å². The maximum absolute atomic E-state index is 13.3. The topological polar surface area (TPSA) is 62.2 Å². The first-order valence-electron chi connectivity index (χ1n) is 5.44. The standard InChI is InChI=1S/C13H10F2N2O2/c14-11-9(5-6-16-12(11)15)13(19)17-7-8-3-1-2-4-10(8)18/h1-6,18H,7H2,(H,17,19). The number of amides is 1. The van der Waals surface area contributed by atoms with E-state index in [-0.39, 0.29) is 12.3 Å². The first-order chi connectivity index (χ1) is 9.09. The minimum atomic E-state index is -1.32. The van der Waals surface area contributed by atoms with Crippen molar-refractivity contribution in [2.24, 2.45) is 0 Å². The van der Waals surface area contributed by atoms with Crippen LogP contribution in [-0.4, -0.2) is 16.0 Å². The quantitative estimate of drug-likeness (QED) is 0.833. The Morgan fingerprint density at radius 3 is 2.74 bits per heavy atom. The molecule has 4 nitrogen and oxygen atoms in total. The molecule has 0 aliphatic rings. The van der Waals surface area contributed by atoms with Crippen LogP contribution in [0.5, 0.6) is 5.75 Å². The molecule has 0 radical (unpaired) electrons. The van der Waals surface area contributed by atoms with Crippen molar-refractivity contribution >= 4 is 5.91 Å². The summed E-state index contributed by atoms with van der Waals surface area (Å²) in [4.78, 5) is 14.8. The number of aromatic nitrogens is 1. The molecule has 1 aromatic carbocycles. The van der Waals surface area contributed by atoms with Gasteiger partial charge < -0.3 is 10.4 Å². The van der Waals surface area contributed by atoms with Gasteiger partial charge in [-0.05, 0) is 12.1 Å². The normalized spacial score (nSPS) is 10.2. The number of pyridine rings is 1. The molecule has 2 rings (SSSR count). The van der Waals surface area contributed by atoms with Gasteiger partial charge in [0, 0.05) is 18.3 Å². The molecule has 19 heavy (non-hydrogen) atoms. The van der Waals surface area contributed by atoms with Crippen LogP contribution in [0.2, 0.25) is 0 Å². The zero-order chi connectivity index (χ0) is 13.8. The van der Waals surface area contributed by atoms with Crippen LogP contribution in [0.4, 0.5) is 8.78 Å². The van der Waals surface area contributed by atoms with Crippen LogP contribution in [-0.2, 0) is 6.54 Å². The highest BCUT2D eigenvalue weighted by Crippen LogP contribution is 2.15. The molecule has 0 unspecified atom stereocenters. The van der Waals surface area contributed by atoms with E-state index in [9.17, 15) is 18.7 Å². The summed E-state index contributed by atoms with van der Waals surface area (Å²) in [6.07, 6.45) is 1.01. The van der Waals surface area contributed by atoms with Gasteiger partial charge in [0.25, 0.3) is 5.91 Å². The number of carbonyl (C=O) groups excluding carboxylic acids is 1. The summed E-state index contributed by atoms with van der Waals surface area (Å²) in [5.41, 5.74) is 0.0497. The Bertz CT molecular complexity index is 617. The molecule has 0 spiro atoms. The number of halogens is 2. The second kappa shape index (κ2) is 5.43. The highest BCUT2D eigenvalue weighted by Gasteiger charge is 2.15. The Hall–Kier alpha value is -2.50. The molecule has 0 aliphatic carbocycles. The van der Waals surface area contributed by atoms with Crippen LogP contribution in [0.15, 0.2) is 36.5 Å². The molecule has 0 atom stereocenters. The molecule has 0 fully saturated rings. The molecule has 1 aromatic heterocycles. The number of aromatic hydroxyl groups is 1.